The molecule has 1 aromatic heterocycles. The summed E-state index contributed by atoms with van der Waals surface area (Å²) < 4.78 is 8.35. The van der Waals surface area contributed by atoms with Gasteiger partial charge in [-0.2, -0.15) is 0 Å². The minimum atomic E-state index is 0.149. The van der Waals surface area contributed by atoms with Crippen LogP contribution < -0.4 is 10.1 Å². The van der Waals surface area contributed by atoms with Gasteiger partial charge in [0.25, 0.3) is 0 Å². The summed E-state index contributed by atoms with van der Waals surface area (Å²) in [6.07, 6.45) is 8.41. The Hall–Kier alpha value is -2.82. The van der Waals surface area contributed by atoms with E-state index in [0.717, 1.165) is 55.7 Å². The van der Waals surface area contributed by atoms with Crippen molar-refractivity contribution >= 4 is 16.9 Å². The molecule has 0 aliphatic heterocycles. The maximum Gasteiger partial charge on any atom is 0.223 e. The van der Waals surface area contributed by atoms with Gasteiger partial charge in [-0.15, -0.1) is 0 Å². The van der Waals surface area contributed by atoms with Gasteiger partial charge < -0.3 is 14.6 Å². The number of amides is 1. The predicted octanol–water partition coefficient (Wildman–Crippen LogP) is 6.43. The predicted molar refractivity (Wildman–Crippen MR) is 143 cm³/mol. The second-order valence-electron chi connectivity index (χ2n) is 10.9. The molecule has 2 aromatic carbocycles. The van der Waals surface area contributed by atoms with E-state index in [0.29, 0.717) is 13.2 Å². The Balaban J connectivity index is 1.29. The maximum absolute atomic E-state index is 12.4. The summed E-state index contributed by atoms with van der Waals surface area (Å²) in [6, 6.07) is 16.8. The molecular formula is C30H41N3O2. The third-order valence-corrected chi connectivity index (χ3v) is 7.10. The number of aryl methyl sites for hydroxylation is 2. The van der Waals surface area contributed by atoms with E-state index < -0.39 is 0 Å². The molecule has 0 radical (unpaired) electrons. The van der Waals surface area contributed by atoms with Crippen LogP contribution in [-0.4, -0.2) is 28.6 Å². The zero-order chi connectivity index (χ0) is 24.7. The minimum Gasteiger partial charge on any atom is -0.494 e. The van der Waals surface area contributed by atoms with E-state index in [1.165, 1.54) is 30.3 Å². The smallest absolute Gasteiger partial charge is 0.223 e. The lowest BCUT2D eigenvalue weighted by Gasteiger charge is -2.20. The van der Waals surface area contributed by atoms with Gasteiger partial charge in [0.05, 0.1) is 17.6 Å². The fourth-order valence-corrected chi connectivity index (χ4v) is 5.00. The lowest BCUT2D eigenvalue weighted by molar-refractivity contribution is -0.125. The topological polar surface area (TPSA) is 56.1 Å². The fraction of sp³-hybridized carbons (Fsp3) is 0.533. The van der Waals surface area contributed by atoms with Gasteiger partial charge in [-0.05, 0) is 60.9 Å². The van der Waals surface area contributed by atoms with Crippen molar-refractivity contribution in [3.8, 4) is 5.75 Å². The first-order chi connectivity index (χ1) is 16.9. The summed E-state index contributed by atoms with van der Waals surface area (Å²) in [5.74, 6) is 2.47. The van der Waals surface area contributed by atoms with E-state index in [4.69, 9.17) is 9.72 Å². The maximum atomic E-state index is 12.4. The largest absolute Gasteiger partial charge is 0.494 e. The van der Waals surface area contributed by atoms with E-state index >= 15 is 0 Å². The summed E-state index contributed by atoms with van der Waals surface area (Å²) in [7, 11) is 0. The Morgan fingerprint density at radius 2 is 1.77 bits per heavy atom. The van der Waals surface area contributed by atoms with Crippen molar-refractivity contribution in [3.63, 3.8) is 0 Å². The highest BCUT2D eigenvalue weighted by Gasteiger charge is 2.20. The Labute approximate surface area is 210 Å². The molecule has 5 heteroatoms. The number of carbonyl (C=O) groups is 1. The van der Waals surface area contributed by atoms with Crippen molar-refractivity contribution in [3.05, 3.63) is 59.9 Å². The molecule has 1 heterocycles. The average Bonchev–Trinajstić information content (AvgIpc) is 3.22. The van der Waals surface area contributed by atoms with Crippen molar-refractivity contribution in [2.45, 2.75) is 84.1 Å². The van der Waals surface area contributed by atoms with Crippen LogP contribution >= 0.6 is 0 Å². The number of imidazole rings is 1. The highest BCUT2D eigenvalue weighted by Crippen LogP contribution is 2.25. The highest BCUT2D eigenvalue weighted by atomic mass is 16.5. The SMILES string of the molecule is CC(C)(C)c1ccc(OCCCn2c(CCCNC(=O)C3CCCCC3)nc3ccccc32)cc1. The van der Waals surface area contributed by atoms with E-state index in [2.05, 4.69) is 73.1 Å². The van der Waals surface area contributed by atoms with Gasteiger partial charge in [-0.1, -0.05) is 64.3 Å². The number of aromatic nitrogens is 2. The molecule has 0 saturated heterocycles. The molecule has 188 valence electrons. The Kier molecular flexibility index (Phi) is 8.48. The third kappa shape index (κ3) is 6.87. The Bertz CT molecular complexity index is 1090. The van der Waals surface area contributed by atoms with Gasteiger partial charge in [0.1, 0.15) is 11.6 Å². The van der Waals surface area contributed by atoms with Crippen LogP contribution in [0.5, 0.6) is 5.75 Å². The molecule has 1 saturated carbocycles. The van der Waals surface area contributed by atoms with Crippen LogP contribution in [0, 0.1) is 5.92 Å². The van der Waals surface area contributed by atoms with Crippen molar-refractivity contribution in [1.82, 2.24) is 14.9 Å². The second-order valence-corrected chi connectivity index (χ2v) is 10.9. The first kappa shape index (κ1) is 25.3. The zero-order valence-corrected chi connectivity index (χ0v) is 21.7. The molecule has 1 aliphatic carbocycles. The van der Waals surface area contributed by atoms with Crippen LogP contribution in [0.2, 0.25) is 0 Å². The molecule has 1 aliphatic rings. The molecule has 1 amide bonds. The van der Waals surface area contributed by atoms with Crippen molar-refractivity contribution in [2.75, 3.05) is 13.2 Å². The van der Waals surface area contributed by atoms with Crippen molar-refractivity contribution < 1.29 is 9.53 Å². The zero-order valence-electron chi connectivity index (χ0n) is 21.7. The molecule has 1 fully saturated rings. The van der Waals surface area contributed by atoms with Crippen LogP contribution in [-0.2, 0) is 23.2 Å². The van der Waals surface area contributed by atoms with Gasteiger partial charge in [0.2, 0.25) is 5.91 Å². The van der Waals surface area contributed by atoms with E-state index in [1.807, 2.05) is 6.07 Å². The van der Waals surface area contributed by atoms with Crippen LogP contribution in [0.15, 0.2) is 48.5 Å². The number of hydrogen-bond acceptors (Lipinski definition) is 3. The quantitative estimate of drug-likeness (QED) is 0.344. The number of ether oxygens (including phenoxy) is 1. The Morgan fingerprint density at radius 1 is 1.03 bits per heavy atom. The summed E-state index contributed by atoms with van der Waals surface area (Å²) in [5, 5.41) is 3.16. The highest BCUT2D eigenvalue weighted by molar-refractivity contribution is 5.78. The van der Waals surface area contributed by atoms with Crippen molar-refractivity contribution in [1.29, 1.82) is 0 Å². The van der Waals surface area contributed by atoms with Crippen LogP contribution in [0.3, 0.4) is 0 Å². The van der Waals surface area contributed by atoms with Gasteiger partial charge in [-0.3, -0.25) is 4.79 Å². The molecule has 4 rings (SSSR count). The molecule has 0 bridgehead atoms. The Morgan fingerprint density at radius 3 is 2.51 bits per heavy atom. The molecule has 35 heavy (non-hydrogen) atoms. The lowest BCUT2D eigenvalue weighted by atomic mass is 9.87. The van der Waals surface area contributed by atoms with Gasteiger partial charge in [0, 0.05) is 25.4 Å². The molecular weight excluding hydrogens is 434 g/mol. The van der Waals surface area contributed by atoms with Crippen LogP contribution in [0.1, 0.15) is 77.1 Å². The lowest BCUT2D eigenvalue weighted by Crippen LogP contribution is -2.32. The van der Waals surface area contributed by atoms with Crippen LogP contribution in [0.25, 0.3) is 11.0 Å². The average molecular weight is 476 g/mol. The molecule has 0 unspecified atom stereocenters. The van der Waals surface area contributed by atoms with E-state index in [-0.39, 0.29) is 17.2 Å². The van der Waals surface area contributed by atoms with Crippen molar-refractivity contribution in [2.24, 2.45) is 5.92 Å². The standard InChI is InChI=1S/C30H41N3O2/c1-30(2,3)24-16-18-25(19-17-24)35-22-10-21-33-27-14-8-7-13-26(27)32-28(33)15-9-20-31-29(34)23-11-5-4-6-12-23/h7-8,13-14,16-19,23H,4-6,9-12,15,20-22H2,1-3H3,(H,31,34). The van der Waals surface area contributed by atoms with Gasteiger partial charge >= 0.3 is 0 Å². The number of para-hydroxylation sites is 2. The monoisotopic (exact) mass is 475 g/mol. The third-order valence-electron chi connectivity index (χ3n) is 7.10. The second kappa shape index (κ2) is 11.7. The molecule has 3 aromatic rings. The van der Waals surface area contributed by atoms with E-state index in [1.54, 1.807) is 0 Å². The number of benzene rings is 2. The molecule has 0 spiro atoms. The minimum absolute atomic E-state index is 0.149. The number of fused-ring (bicyclic) bond motifs is 1. The summed E-state index contributed by atoms with van der Waals surface area (Å²) in [4.78, 5) is 17.3. The number of nitrogens with zero attached hydrogens (tertiary/aromatic N) is 2. The summed E-state index contributed by atoms with van der Waals surface area (Å²) in [6.45, 7) is 8.91. The number of hydrogen-bond donors (Lipinski definition) is 1. The molecule has 1 N–H and O–H groups in total. The fourth-order valence-electron chi connectivity index (χ4n) is 5.00. The number of nitrogens with one attached hydrogen (secondary N) is 1. The van der Waals surface area contributed by atoms with E-state index in [9.17, 15) is 4.79 Å². The summed E-state index contributed by atoms with van der Waals surface area (Å²) in [5.41, 5.74) is 3.67. The van der Waals surface area contributed by atoms with Gasteiger partial charge in [0.15, 0.2) is 0 Å². The summed E-state index contributed by atoms with van der Waals surface area (Å²) >= 11 is 0. The normalized spacial score (nSPS) is 14.8. The number of carbonyl (C=O) groups excluding carboxylic acids is 1. The van der Waals surface area contributed by atoms with Crippen LogP contribution in [0.4, 0.5) is 0 Å². The first-order valence-electron chi connectivity index (χ1n) is 13.4. The molecule has 0 atom stereocenters. The number of rotatable bonds is 10. The molecule has 5 nitrogen and oxygen atoms in total. The first-order valence-corrected chi connectivity index (χ1v) is 13.4. The van der Waals surface area contributed by atoms with Gasteiger partial charge in [-0.25, -0.2) is 4.98 Å².